The highest BCUT2D eigenvalue weighted by atomic mass is 19.1. The van der Waals surface area contributed by atoms with Gasteiger partial charge < -0.3 is 4.74 Å². The van der Waals surface area contributed by atoms with Crippen LogP contribution in [0, 0.1) is 19.7 Å². The van der Waals surface area contributed by atoms with E-state index in [9.17, 15) is 9.18 Å². The number of aromatic nitrogens is 3. The first-order chi connectivity index (χ1) is 9.01. The molecule has 0 bridgehead atoms. The molecule has 0 spiro atoms. The zero-order valence-corrected chi connectivity index (χ0v) is 11.0. The molecule has 0 atom stereocenters. The maximum atomic E-state index is 13.9. The Bertz CT molecular complexity index is 622. The summed E-state index contributed by atoms with van der Waals surface area (Å²) in [5.74, 6) is 0.340. The van der Waals surface area contributed by atoms with E-state index in [1.807, 2.05) is 0 Å². The Balaban J connectivity index is 2.27. The molecule has 1 aromatic carbocycles. The third kappa shape index (κ3) is 2.78. The quantitative estimate of drug-likeness (QED) is 0.793. The monoisotopic (exact) mass is 263 g/mol. The molecule has 100 valence electrons. The van der Waals surface area contributed by atoms with Crippen molar-refractivity contribution in [3.63, 3.8) is 0 Å². The summed E-state index contributed by atoms with van der Waals surface area (Å²) in [6.45, 7) is 3.86. The van der Waals surface area contributed by atoms with Crippen molar-refractivity contribution in [1.82, 2.24) is 14.8 Å². The SMILES string of the molecule is COC(=O)c1ccc(Cn2nc(C)nc2C)c(F)c1. The lowest BCUT2D eigenvalue weighted by atomic mass is 10.1. The number of methoxy groups -OCH3 is 1. The largest absolute Gasteiger partial charge is 0.465 e. The van der Waals surface area contributed by atoms with Gasteiger partial charge in [0.05, 0.1) is 19.2 Å². The van der Waals surface area contributed by atoms with Gasteiger partial charge >= 0.3 is 5.97 Å². The minimum atomic E-state index is -0.557. The molecule has 0 aliphatic carbocycles. The number of aryl methyl sites for hydroxylation is 2. The van der Waals surface area contributed by atoms with Crippen LogP contribution in [0.1, 0.15) is 27.6 Å². The molecule has 1 aromatic heterocycles. The van der Waals surface area contributed by atoms with Crippen molar-refractivity contribution in [1.29, 1.82) is 0 Å². The highest BCUT2D eigenvalue weighted by molar-refractivity contribution is 5.89. The molecule has 0 fully saturated rings. The minimum absolute atomic E-state index is 0.190. The van der Waals surface area contributed by atoms with E-state index >= 15 is 0 Å². The highest BCUT2D eigenvalue weighted by Gasteiger charge is 2.11. The molecule has 0 unspecified atom stereocenters. The summed E-state index contributed by atoms with van der Waals surface area (Å²) in [6, 6.07) is 4.25. The van der Waals surface area contributed by atoms with Crippen LogP contribution in [0.15, 0.2) is 18.2 Å². The molecule has 0 saturated heterocycles. The lowest BCUT2D eigenvalue weighted by Gasteiger charge is -2.06. The van der Waals surface area contributed by atoms with Crippen molar-refractivity contribution in [2.24, 2.45) is 0 Å². The van der Waals surface area contributed by atoms with Gasteiger partial charge in [-0.15, -0.1) is 0 Å². The van der Waals surface area contributed by atoms with E-state index in [1.54, 1.807) is 24.6 Å². The zero-order valence-electron chi connectivity index (χ0n) is 11.0. The van der Waals surface area contributed by atoms with Crippen molar-refractivity contribution >= 4 is 5.97 Å². The molecule has 1 heterocycles. The second kappa shape index (κ2) is 5.17. The minimum Gasteiger partial charge on any atom is -0.465 e. The van der Waals surface area contributed by atoms with Gasteiger partial charge in [0.1, 0.15) is 17.5 Å². The van der Waals surface area contributed by atoms with Crippen molar-refractivity contribution in [3.8, 4) is 0 Å². The number of hydrogen-bond donors (Lipinski definition) is 0. The van der Waals surface area contributed by atoms with Crippen LogP contribution >= 0.6 is 0 Å². The average Bonchev–Trinajstić information content (AvgIpc) is 2.69. The molecule has 0 radical (unpaired) electrons. The number of ether oxygens (including phenoxy) is 1. The predicted molar refractivity (Wildman–Crippen MR) is 66.3 cm³/mol. The second-order valence-corrected chi connectivity index (χ2v) is 4.16. The average molecular weight is 263 g/mol. The summed E-state index contributed by atoms with van der Waals surface area (Å²) >= 11 is 0. The van der Waals surface area contributed by atoms with Crippen LogP contribution in [0.4, 0.5) is 4.39 Å². The smallest absolute Gasteiger partial charge is 0.337 e. The fourth-order valence-corrected chi connectivity index (χ4v) is 1.79. The number of carbonyl (C=O) groups is 1. The van der Waals surface area contributed by atoms with Gasteiger partial charge in [0.25, 0.3) is 0 Å². The maximum absolute atomic E-state index is 13.9. The summed E-state index contributed by atoms with van der Waals surface area (Å²) in [5.41, 5.74) is 0.635. The summed E-state index contributed by atoms with van der Waals surface area (Å²) in [5, 5.41) is 4.17. The van der Waals surface area contributed by atoms with Crippen molar-refractivity contribution in [2.75, 3.05) is 7.11 Å². The van der Waals surface area contributed by atoms with Gasteiger partial charge in [-0.25, -0.2) is 18.9 Å². The lowest BCUT2D eigenvalue weighted by Crippen LogP contribution is -2.08. The van der Waals surface area contributed by atoms with E-state index in [-0.39, 0.29) is 12.1 Å². The number of benzene rings is 1. The van der Waals surface area contributed by atoms with Crippen LogP contribution < -0.4 is 0 Å². The second-order valence-electron chi connectivity index (χ2n) is 4.16. The molecule has 2 aromatic rings. The Kier molecular flexibility index (Phi) is 3.59. The van der Waals surface area contributed by atoms with E-state index in [0.717, 1.165) is 0 Å². The summed E-state index contributed by atoms with van der Waals surface area (Å²) in [7, 11) is 1.26. The van der Waals surface area contributed by atoms with E-state index in [0.29, 0.717) is 17.2 Å². The molecule has 0 saturated carbocycles. The molecular formula is C13H14FN3O2. The summed E-state index contributed by atoms with van der Waals surface area (Å²) in [6.07, 6.45) is 0. The molecule has 0 N–H and O–H groups in total. The summed E-state index contributed by atoms with van der Waals surface area (Å²) < 4.78 is 20.1. The third-order valence-electron chi connectivity index (χ3n) is 2.76. The van der Waals surface area contributed by atoms with Gasteiger partial charge in [0.2, 0.25) is 0 Å². The lowest BCUT2D eigenvalue weighted by molar-refractivity contribution is 0.0600. The number of carbonyl (C=O) groups excluding carboxylic acids is 1. The topological polar surface area (TPSA) is 57.0 Å². The Labute approximate surface area is 110 Å². The Morgan fingerprint density at radius 1 is 1.42 bits per heavy atom. The van der Waals surface area contributed by atoms with E-state index in [1.165, 1.54) is 19.2 Å². The van der Waals surface area contributed by atoms with Crippen LogP contribution in [0.3, 0.4) is 0 Å². The van der Waals surface area contributed by atoms with Crippen molar-refractivity contribution in [3.05, 3.63) is 46.8 Å². The molecule has 2 rings (SSSR count). The predicted octanol–water partition coefficient (Wildman–Crippen LogP) is 1.87. The van der Waals surface area contributed by atoms with Gasteiger partial charge in [-0.1, -0.05) is 6.07 Å². The van der Waals surface area contributed by atoms with Gasteiger partial charge in [0, 0.05) is 5.56 Å². The van der Waals surface area contributed by atoms with E-state index < -0.39 is 11.8 Å². The normalized spacial score (nSPS) is 10.5. The molecule has 19 heavy (non-hydrogen) atoms. The zero-order chi connectivity index (χ0) is 14.0. The van der Waals surface area contributed by atoms with E-state index in [4.69, 9.17) is 0 Å². The first-order valence-electron chi connectivity index (χ1n) is 5.76. The van der Waals surface area contributed by atoms with Crippen LogP contribution in [-0.2, 0) is 11.3 Å². The number of esters is 1. The van der Waals surface area contributed by atoms with Gasteiger partial charge in [0.15, 0.2) is 0 Å². The van der Waals surface area contributed by atoms with Gasteiger partial charge in [-0.2, -0.15) is 5.10 Å². The van der Waals surface area contributed by atoms with Crippen molar-refractivity contribution in [2.45, 2.75) is 20.4 Å². The number of nitrogens with zero attached hydrogens (tertiary/aromatic N) is 3. The van der Waals surface area contributed by atoms with Gasteiger partial charge in [-0.05, 0) is 26.0 Å². The first kappa shape index (κ1) is 13.2. The van der Waals surface area contributed by atoms with Crippen LogP contribution in [0.5, 0.6) is 0 Å². The molecular weight excluding hydrogens is 249 g/mol. The molecule has 0 aliphatic rings. The number of halogens is 1. The number of rotatable bonds is 3. The standard InChI is InChI=1S/C13H14FN3O2/c1-8-15-9(2)17(16-8)7-11-5-4-10(6-12(11)14)13(18)19-3/h4-6H,7H2,1-3H3. The van der Waals surface area contributed by atoms with Crippen LogP contribution in [0.25, 0.3) is 0 Å². The Morgan fingerprint density at radius 2 is 2.16 bits per heavy atom. The third-order valence-corrected chi connectivity index (χ3v) is 2.76. The van der Waals surface area contributed by atoms with E-state index in [2.05, 4.69) is 14.8 Å². The molecule has 5 nitrogen and oxygen atoms in total. The van der Waals surface area contributed by atoms with Crippen LogP contribution in [0.2, 0.25) is 0 Å². The molecule has 0 amide bonds. The van der Waals surface area contributed by atoms with Crippen LogP contribution in [-0.4, -0.2) is 27.8 Å². The van der Waals surface area contributed by atoms with Crippen molar-refractivity contribution < 1.29 is 13.9 Å². The fourth-order valence-electron chi connectivity index (χ4n) is 1.79. The first-order valence-corrected chi connectivity index (χ1v) is 5.76. The van der Waals surface area contributed by atoms with Gasteiger partial charge in [-0.3, -0.25) is 0 Å². The maximum Gasteiger partial charge on any atom is 0.337 e. The Morgan fingerprint density at radius 3 is 2.68 bits per heavy atom. The fraction of sp³-hybridized carbons (Fsp3) is 0.308. The molecule has 6 heteroatoms. The number of hydrogen-bond acceptors (Lipinski definition) is 4. The highest BCUT2D eigenvalue weighted by Crippen LogP contribution is 2.13. The molecule has 0 aliphatic heterocycles. The summed E-state index contributed by atoms with van der Waals surface area (Å²) in [4.78, 5) is 15.4. The Hall–Kier alpha value is -2.24.